The third kappa shape index (κ3) is 7.12. The minimum atomic E-state index is -1.74. The number of carbonyl (C=O) groups excluding carboxylic acids is 1. The van der Waals surface area contributed by atoms with Gasteiger partial charge in [-0.25, -0.2) is 4.79 Å². The van der Waals surface area contributed by atoms with Crippen molar-refractivity contribution in [2.45, 2.75) is 98.2 Å². The zero-order chi connectivity index (χ0) is 29.0. The lowest BCUT2D eigenvalue weighted by molar-refractivity contribution is -0.332. The molecular weight excluding hydrogens is 530 g/mol. The number of aliphatic hydroxyl groups excluding tert-OH is 7. The highest BCUT2D eigenvalue weighted by atomic mass is 16.7. The molecular formula is C21H41N5O13. The normalized spacial score (nSPS) is 47.0. The average molecular weight is 572 g/mol. The minimum absolute atomic E-state index is 0.0506. The summed E-state index contributed by atoms with van der Waals surface area (Å²) in [6, 6.07) is -3.35. The van der Waals surface area contributed by atoms with E-state index >= 15 is 0 Å². The molecule has 15 unspecified atom stereocenters. The third-order valence-corrected chi connectivity index (χ3v) is 7.09. The Morgan fingerprint density at radius 3 is 2.05 bits per heavy atom. The molecule has 16 N–H and O–H groups in total. The van der Waals surface area contributed by atoms with Crippen molar-refractivity contribution < 1.29 is 64.2 Å². The van der Waals surface area contributed by atoms with E-state index in [1.807, 2.05) is 0 Å². The number of ether oxygens (including phenoxy) is 5. The number of aliphatic hydroxyl groups is 7. The van der Waals surface area contributed by atoms with Gasteiger partial charge in [0.15, 0.2) is 12.6 Å². The van der Waals surface area contributed by atoms with Gasteiger partial charge in [-0.3, -0.25) is 0 Å². The monoisotopic (exact) mass is 571 g/mol. The molecule has 0 aromatic heterocycles. The quantitative estimate of drug-likeness (QED) is 0.122. The van der Waals surface area contributed by atoms with Gasteiger partial charge in [-0.15, -0.1) is 0 Å². The molecule has 228 valence electrons. The van der Waals surface area contributed by atoms with Gasteiger partial charge in [0.05, 0.1) is 18.7 Å². The third-order valence-electron chi connectivity index (χ3n) is 7.09. The van der Waals surface area contributed by atoms with Crippen molar-refractivity contribution in [3.05, 3.63) is 0 Å². The maximum absolute atomic E-state index is 12.3. The van der Waals surface area contributed by atoms with Crippen molar-refractivity contribution in [1.29, 1.82) is 0 Å². The summed E-state index contributed by atoms with van der Waals surface area (Å²) in [5.74, 6) is 0. The standard InChI is InChI=1S/C21H41N5O13/c22-1-2-35-21(34)26-7-3-6(24)17(38-20-15(32)14(31)12(29)8(4-23)36-20)16(33)18(7)39-19-13(30)10(25)11(28)9(5-27)37-19/h6-20,27-33H,1-5,22-25H2,(H,26,34). The van der Waals surface area contributed by atoms with Crippen molar-refractivity contribution >= 4 is 6.09 Å². The molecule has 0 aromatic carbocycles. The van der Waals surface area contributed by atoms with Crippen molar-refractivity contribution in [2.75, 3.05) is 26.3 Å². The van der Waals surface area contributed by atoms with E-state index in [2.05, 4.69) is 5.32 Å². The molecule has 3 rings (SSSR count). The van der Waals surface area contributed by atoms with Crippen LogP contribution in [0.1, 0.15) is 6.42 Å². The molecule has 0 aromatic rings. The first-order valence-electron chi connectivity index (χ1n) is 12.6. The van der Waals surface area contributed by atoms with Crippen molar-refractivity contribution in [3.8, 4) is 0 Å². The molecule has 15 atom stereocenters. The first kappa shape index (κ1) is 32.2. The van der Waals surface area contributed by atoms with E-state index in [1.54, 1.807) is 0 Å². The molecule has 0 spiro atoms. The van der Waals surface area contributed by atoms with Gasteiger partial charge in [0.1, 0.15) is 67.6 Å². The fourth-order valence-electron chi connectivity index (χ4n) is 4.84. The molecule has 18 heteroatoms. The van der Waals surface area contributed by atoms with Gasteiger partial charge in [-0.05, 0) is 6.42 Å². The van der Waals surface area contributed by atoms with Crippen LogP contribution >= 0.6 is 0 Å². The number of alkyl carbamates (subject to hydrolysis) is 1. The topological polar surface area (TPSA) is 321 Å². The van der Waals surface area contributed by atoms with Gasteiger partial charge in [0, 0.05) is 19.1 Å². The van der Waals surface area contributed by atoms with Crippen molar-refractivity contribution in [3.63, 3.8) is 0 Å². The van der Waals surface area contributed by atoms with Gasteiger partial charge in [-0.1, -0.05) is 0 Å². The molecule has 3 aliphatic rings. The van der Waals surface area contributed by atoms with E-state index < -0.39 is 104 Å². The largest absolute Gasteiger partial charge is 0.448 e. The Hall–Kier alpha value is -1.33. The van der Waals surface area contributed by atoms with Crippen molar-refractivity contribution in [1.82, 2.24) is 5.32 Å². The lowest BCUT2D eigenvalue weighted by Gasteiger charge is -2.48. The molecule has 1 amide bonds. The minimum Gasteiger partial charge on any atom is -0.448 e. The zero-order valence-corrected chi connectivity index (χ0v) is 21.1. The van der Waals surface area contributed by atoms with Gasteiger partial charge in [0.2, 0.25) is 0 Å². The van der Waals surface area contributed by atoms with Crippen LogP contribution in [0.5, 0.6) is 0 Å². The van der Waals surface area contributed by atoms with Crippen LogP contribution in [0.3, 0.4) is 0 Å². The van der Waals surface area contributed by atoms with Crippen LogP contribution in [0.15, 0.2) is 0 Å². The second-order valence-corrected chi connectivity index (χ2v) is 9.80. The Bertz CT molecular complexity index is 784. The predicted octanol–water partition coefficient (Wildman–Crippen LogP) is -7.57. The van der Waals surface area contributed by atoms with Crippen LogP contribution in [-0.4, -0.2) is 160 Å². The number of rotatable bonds is 9. The molecule has 3 fully saturated rings. The van der Waals surface area contributed by atoms with Crippen LogP contribution < -0.4 is 28.3 Å². The van der Waals surface area contributed by atoms with Crippen LogP contribution in [-0.2, 0) is 23.7 Å². The van der Waals surface area contributed by atoms with E-state index in [0.717, 1.165) is 0 Å². The molecule has 0 radical (unpaired) electrons. The summed E-state index contributed by atoms with van der Waals surface area (Å²) >= 11 is 0. The summed E-state index contributed by atoms with van der Waals surface area (Å²) in [7, 11) is 0. The second-order valence-electron chi connectivity index (χ2n) is 9.80. The van der Waals surface area contributed by atoms with Crippen LogP contribution in [0.4, 0.5) is 4.79 Å². The Morgan fingerprint density at radius 2 is 1.44 bits per heavy atom. The highest BCUT2D eigenvalue weighted by molar-refractivity contribution is 5.67. The highest BCUT2D eigenvalue weighted by Gasteiger charge is 2.52. The summed E-state index contributed by atoms with van der Waals surface area (Å²) in [6.45, 7) is -0.935. The number of hydrogen-bond donors (Lipinski definition) is 12. The lowest BCUT2D eigenvalue weighted by Crippen LogP contribution is -2.69. The number of carbonyl (C=O) groups is 1. The first-order chi connectivity index (χ1) is 18.4. The van der Waals surface area contributed by atoms with Gasteiger partial charge < -0.3 is 87.7 Å². The highest BCUT2D eigenvalue weighted by Crippen LogP contribution is 2.32. The Labute approximate surface area is 223 Å². The van der Waals surface area contributed by atoms with E-state index in [1.165, 1.54) is 0 Å². The number of nitrogens with two attached hydrogens (primary N) is 4. The lowest BCUT2D eigenvalue weighted by atomic mass is 9.83. The summed E-state index contributed by atoms with van der Waals surface area (Å²) in [5, 5.41) is 74.6. The maximum Gasteiger partial charge on any atom is 0.407 e. The molecule has 0 bridgehead atoms. The maximum atomic E-state index is 12.3. The molecule has 2 heterocycles. The van der Waals surface area contributed by atoms with Gasteiger partial charge >= 0.3 is 6.09 Å². The summed E-state index contributed by atoms with van der Waals surface area (Å²) in [5.41, 5.74) is 23.0. The molecule has 39 heavy (non-hydrogen) atoms. The Morgan fingerprint density at radius 1 is 0.821 bits per heavy atom. The summed E-state index contributed by atoms with van der Waals surface area (Å²) in [4.78, 5) is 12.3. The van der Waals surface area contributed by atoms with Crippen LogP contribution in [0.25, 0.3) is 0 Å². The zero-order valence-electron chi connectivity index (χ0n) is 21.1. The molecule has 2 saturated heterocycles. The fourth-order valence-corrected chi connectivity index (χ4v) is 4.84. The predicted molar refractivity (Wildman–Crippen MR) is 127 cm³/mol. The summed E-state index contributed by atoms with van der Waals surface area (Å²) < 4.78 is 27.4. The van der Waals surface area contributed by atoms with Crippen LogP contribution in [0.2, 0.25) is 0 Å². The number of hydrogen-bond acceptors (Lipinski definition) is 17. The first-order valence-corrected chi connectivity index (χ1v) is 12.6. The Kier molecular flexibility index (Phi) is 11.6. The van der Waals surface area contributed by atoms with E-state index in [4.69, 9.17) is 46.6 Å². The van der Waals surface area contributed by atoms with Crippen molar-refractivity contribution in [2.24, 2.45) is 22.9 Å². The molecule has 2 aliphatic heterocycles. The molecule has 1 aliphatic carbocycles. The van der Waals surface area contributed by atoms with E-state index in [-0.39, 0.29) is 26.1 Å². The molecule has 18 nitrogen and oxygen atoms in total. The second kappa shape index (κ2) is 14.0. The number of amides is 1. The number of nitrogens with one attached hydrogen (secondary N) is 1. The average Bonchev–Trinajstić information content (AvgIpc) is 2.91. The van der Waals surface area contributed by atoms with E-state index in [0.29, 0.717) is 0 Å². The van der Waals surface area contributed by atoms with Crippen LogP contribution in [0, 0.1) is 0 Å². The Balaban J connectivity index is 1.82. The SMILES string of the molecule is NCCOC(=O)NC1CC(N)C(OC2OC(CN)C(O)C(O)C2O)C(O)C1OC1OC(CO)C(O)C(N)C1O. The molecule has 1 saturated carbocycles. The fraction of sp³-hybridized carbons (Fsp3) is 0.952. The smallest absolute Gasteiger partial charge is 0.407 e. The van der Waals surface area contributed by atoms with Gasteiger partial charge in [0.25, 0.3) is 0 Å². The summed E-state index contributed by atoms with van der Waals surface area (Å²) in [6.07, 6.45) is -18.9. The van der Waals surface area contributed by atoms with Gasteiger partial charge in [-0.2, -0.15) is 0 Å². The van der Waals surface area contributed by atoms with E-state index in [9.17, 15) is 40.5 Å².